The van der Waals surface area contributed by atoms with E-state index in [1.807, 2.05) is 33.2 Å². The lowest BCUT2D eigenvalue weighted by molar-refractivity contribution is -0.0100. The molecule has 0 bridgehead atoms. The van der Waals surface area contributed by atoms with Crippen LogP contribution in [0.15, 0.2) is 18.2 Å². The van der Waals surface area contributed by atoms with Gasteiger partial charge in [0.2, 0.25) is 0 Å². The van der Waals surface area contributed by atoms with Gasteiger partial charge in [-0.05, 0) is 63.0 Å². The summed E-state index contributed by atoms with van der Waals surface area (Å²) in [6.07, 6.45) is 2.24. The summed E-state index contributed by atoms with van der Waals surface area (Å²) in [5.74, 6) is 1.27. The van der Waals surface area contributed by atoms with Crippen molar-refractivity contribution in [2.24, 2.45) is 5.92 Å². The maximum atomic E-state index is 11.0. The van der Waals surface area contributed by atoms with E-state index in [1.54, 1.807) is 7.11 Å². The quantitative estimate of drug-likeness (QED) is 0.868. The third kappa shape index (κ3) is 2.52. The Morgan fingerprint density at radius 1 is 1.39 bits per heavy atom. The van der Waals surface area contributed by atoms with Crippen LogP contribution in [-0.4, -0.2) is 37.8 Å². The molecule has 1 aliphatic carbocycles. The lowest BCUT2D eigenvalue weighted by Crippen LogP contribution is -2.39. The van der Waals surface area contributed by atoms with Gasteiger partial charge in [0.25, 0.3) is 0 Å². The van der Waals surface area contributed by atoms with Crippen molar-refractivity contribution in [1.82, 2.24) is 4.90 Å². The van der Waals surface area contributed by atoms with E-state index in [0.717, 1.165) is 29.7 Å². The molecule has 3 heteroatoms. The van der Waals surface area contributed by atoms with Crippen LogP contribution in [0.1, 0.15) is 24.0 Å². The van der Waals surface area contributed by atoms with Crippen LogP contribution < -0.4 is 4.74 Å². The molecule has 100 valence electrons. The smallest absolute Gasteiger partial charge is 0.121 e. The van der Waals surface area contributed by atoms with E-state index in [2.05, 4.69) is 11.0 Å². The molecule has 2 rings (SSSR count). The molecular weight excluding hydrogens is 226 g/mol. The highest BCUT2D eigenvalue weighted by molar-refractivity contribution is 5.39. The molecule has 1 aliphatic rings. The standard InChI is InChI=1S/C15H23NO2/c1-11-9-13(7-8-14(11)18-4)15(17,10-16(2)3)12-5-6-12/h7-9,12,17H,5-6,10H2,1-4H3. The van der Waals surface area contributed by atoms with Crippen LogP contribution >= 0.6 is 0 Å². The fourth-order valence-electron chi connectivity index (χ4n) is 2.65. The maximum Gasteiger partial charge on any atom is 0.121 e. The highest BCUT2D eigenvalue weighted by Gasteiger charge is 2.45. The fourth-order valence-corrected chi connectivity index (χ4v) is 2.65. The van der Waals surface area contributed by atoms with E-state index in [4.69, 9.17) is 4.74 Å². The van der Waals surface area contributed by atoms with Gasteiger partial charge in [0.1, 0.15) is 11.4 Å². The molecule has 18 heavy (non-hydrogen) atoms. The number of likely N-dealkylation sites (N-methyl/N-ethyl adjacent to an activating group) is 1. The Hall–Kier alpha value is -1.06. The lowest BCUT2D eigenvalue weighted by Gasteiger charge is -2.32. The van der Waals surface area contributed by atoms with E-state index in [-0.39, 0.29) is 0 Å². The topological polar surface area (TPSA) is 32.7 Å². The number of hydrogen-bond donors (Lipinski definition) is 1. The van der Waals surface area contributed by atoms with Gasteiger partial charge in [-0.3, -0.25) is 0 Å². The Morgan fingerprint density at radius 2 is 2.06 bits per heavy atom. The van der Waals surface area contributed by atoms with Crippen LogP contribution in [0, 0.1) is 12.8 Å². The van der Waals surface area contributed by atoms with Crippen molar-refractivity contribution in [3.8, 4) is 5.75 Å². The second kappa shape index (κ2) is 4.90. The Kier molecular flexibility index (Phi) is 3.64. The van der Waals surface area contributed by atoms with Gasteiger partial charge >= 0.3 is 0 Å². The van der Waals surface area contributed by atoms with Gasteiger partial charge in [-0.25, -0.2) is 0 Å². The highest BCUT2D eigenvalue weighted by Crippen LogP contribution is 2.46. The molecule has 0 amide bonds. The van der Waals surface area contributed by atoms with Gasteiger partial charge in [-0.2, -0.15) is 0 Å². The number of ether oxygens (including phenoxy) is 1. The average Bonchev–Trinajstić information content (AvgIpc) is 3.11. The van der Waals surface area contributed by atoms with Crippen molar-refractivity contribution in [2.45, 2.75) is 25.4 Å². The predicted molar refractivity (Wildman–Crippen MR) is 72.9 cm³/mol. The molecule has 0 spiro atoms. The first-order chi connectivity index (χ1) is 8.47. The minimum Gasteiger partial charge on any atom is -0.496 e. The third-order valence-corrected chi connectivity index (χ3v) is 3.70. The molecule has 0 aromatic heterocycles. The first-order valence-electron chi connectivity index (χ1n) is 6.49. The lowest BCUT2D eigenvalue weighted by atomic mass is 9.87. The molecule has 1 N–H and O–H groups in total. The first-order valence-corrected chi connectivity index (χ1v) is 6.49. The molecular formula is C15H23NO2. The van der Waals surface area contributed by atoms with Crippen molar-refractivity contribution in [1.29, 1.82) is 0 Å². The molecule has 3 nitrogen and oxygen atoms in total. The van der Waals surface area contributed by atoms with Crippen LogP contribution in [0.3, 0.4) is 0 Å². The fraction of sp³-hybridized carbons (Fsp3) is 0.600. The molecule has 0 saturated heterocycles. The van der Waals surface area contributed by atoms with Crippen LogP contribution in [0.4, 0.5) is 0 Å². The Bertz CT molecular complexity index is 427. The van der Waals surface area contributed by atoms with E-state index < -0.39 is 5.60 Å². The molecule has 1 atom stereocenters. The van der Waals surface area contributed by atoms with Gasteiger partial charge in [0, 0.05) is 6.54 Å². The number of hydrogen-bond acceptors (Lipinski definition) is 3. The Labute approximate surface area is 109 Å². The normalized spacial score (nSPS) is 18.8. The minimum absolute atomic E-state index is 0.396. The van der Waals surface area contributed by atoms with E-state index in [0.29, 0.717) is 12.5 Å². The monoisotopic (exact) mass is 249 g/mol. The zero-order valence-corrected chi connectivity index (χ0v) is 11.7. The molecule has 1 aromatic carbocycles. The molecule has 1 saturated carbocycles. The molecule has 0 radical (unpaired) electrons. The summed E-state index contributed by atoms with van der Waals surface area (Å²) in [4.78, 5) is 2.05. The van der Waals surface area contributed by atoms with Crippen molar-refractivity contribution in [2.75, 3.05) is 27.7 Å². The second-order valence-corrected chi connectivity index (χ2v) is 5.62. The summed E-state index contributed by atoms with van der Waals surface area (Å²) in [6, 6.07) is 6.00. The number of benzene rings is 1. The summed E-state index contributed by atoms with van der Waals surface area (Å²) in [6.45, 7) is 2.69. The Morgan fingerprint density at radius 3 is 2.50 bits per heavy atom. The number of nitrogens with zero attached hydrogens (tertiary/aromatic N) is 1. The number of rotatable bonds is 5. The average molecular weight is 249 g/mol. The summed E-state index contributed by atoms with van der Waals surface area (Å²) >= 11 is 0. The van der Waals surface area contributed by atoms with Gasteiger partial charge in [0.05, 0.1) is 7.11 Å². The maximum absolute atomic E-state index is 11.0. The number of aliphatic hydroxyl groups is 1. The van der Waals surface area contributed by atoms with Crippen molar-refractivity contribution in [3.05, 3.63) is 29.3 Å². The molecule has 0 aliphatic heterocycles. The van der Waals surface area contributed by atoms with E-state index in [1.165, 1.54) is 0 Å². The van der Waals surface area contributed by atoms with Crippen molar-refractivity contribution in [3.63, 3.8) is 0 Å². The molecule has 1 fully saturated rings. The largest absolute Gasteiger partial charge is 0.496 e. The SMILES string of the molecule is COc1ccc(C(O)(CN(C)C)C2CC2)cc1C. The van der Waals surface area contributed by atoms with Crippen LogP contribution in [0.25, 0.3) is 0 Å². The Balaban J connectivity index is 2.33. The van der Waals surface area contributed by atoms with Crippen molar-refractivity contribution >= 4 is 0 Å². The van der Waals surface area contributed by atoms with Crippen LogP contribution in [0.5, 0.6) is 5.75 Å². The third-order valence-electron chi connectivity index (χ3n) is 3.70. The summed E-state index contributed by atoms with van der Waals surface area (Å²) < 4.78 is 5.28. The number of aryl methyl sites for hydroxylation is 1. The summed E-state index contributed by atoms with van der Waals surface area (Å²) in [7, 11) is 5.68. The zero-order chi connectivity index (χ0) is 13.3. The zero-order valence-electron chi connectivity index (χ0n) is 11.7. The van der Waals surface area contributed by atoms with Gasteiger partial charge in [-0.1, -0.05) is 6.07 Å². The van der Waals surface area contributed by atoms with Crippen LogP contribution in [-0.2, 0) is 5.60 Å². The molecule has 0 heterocycles. The highest BCUT2D eigenvalue weighted by atomic mass is 16.5. The molecule has 1 aromatic rings. The van der Waals surface area contributed by atoms with Gasteiger partial charge in [0.15, 0.2) is 0 Å². The summed E-state index contributed by atoms with van der Waals surface area (Å²) in [5, 5.41) is 11.0. The number of methoxy groups -OCH3 is 1. The summed E-state index contributed by atoms with van der Waals surface area (Å²) in [5.41, 5.74) is 1.37. The minimum atomic E-state index is -0.722. The van der Waals surface area contributed by atoms with Gasteiger partial charge in [-0.15, -0.1) is 0 Å². The van der Waals surface area contributed by atoms with E-state index >= 15 is 0 Å². The van der Waals surface area contributed by atoms with Gasteiger partial charge < -0.3 is 14.7 Å². The predicted octanol–water partition coefficient (Wildman–Crippen LogP) is 2.16. The first kappa shape index (κ1) is 13.4. The van der Waals surface area contributed by atoms with E-state index in [9.17, 15) is 5.11 Å². The second-order valence-electron chi connectivity index (χ2n) is 5.62. The van der Waals surface area contributed by atoms with Crippen molar-refractivity contribution < 1.29 is 9.84 Å². The van der Waals surface area contributed by atoms with Crippen LogP contribution in [0.2, 0.25) is 0 Å². The molecule has 1 unspecified atom stereocenters.